The van der Waals surface area contributed by atoms with E-state index in [1.807, 2.05) is 38.5 Å². The van der Waals surface area contributed by atoms with E-state index in [1.165, 1.54) is 0 Å². The quantitative estimate of drug-likeness (QED) is 0.900. The molecule has 0 saturated carbocycles. The highest BCUT2D eigenvalue weighted by Gasteiger charge is 2.15. The van der Waals surface area contributed by atoms with E-state index in [4.69, 9.17) is 5.73 Å². The Morgan fingerprint density at radius 2 is 1.95 bits per heavy atom. The van der Waals surface area contributed by atoms with Crippen molar-refractivity contribution >= 4 is 17.3 Å². The van der Waals surface area contributed by atoms with Gasteiger partial charge in [0.05, 0.1) is 17.6 Å². The first-order valence-corrected chi connectivity index (χ1v) is 6.71. The minimum Gasteiger partial charge on any atom is -0.397 e. The van der Waals surface area contributed by atoms with Crippen LogP contribution in [0.15, 0.2) is 24.7 Å². The van der Waals surface area contributed by atoms with Crippen molar-refractivity contribution in [2.75, 3.05) is 11.1 Å². The van der Waals surface area contributed by atoms with Crippen molar-refractivity contribution in [2.24, 2.45) is 0 Å². The molecule has 108 valence electrons. The zero-order valence-corrected chi connectivity index (χ0v) is 12.3. The Bertz CT molecular complexity index is 609. The molecule has 2 heterocycles. The Labute approximate surface area is 118 Å². The van der Waals surface area contributed by atoms with E-state index in [-0.39, 0.29) is 18.0 Å². The molecule has 1 amide bonds. The summed E-state index contributed by atoms with van der Waals surface area (Å²) in [4.78, 5) is 12.3. The van der Waals surface area contributed by atoms with Crippen LogP contribution in [-0.2, 0) is 0 Å². The van der Waals surface area contributed by atoms with E-state index in [9.17, 15) is 4.79 Å². The van der Waals surface area contributed by atoms with E-state index in [2.05, 4.69) is 10.4 Å². The van der Waals surface area contributed by atoms with Gasteiger partial charge in [0, 0.05) is 24.5 Å². The molecule has 3 N–H and O–H groups in total. The van der Waals surface area contributed by atoms with Gasteiger partial charge in [-0.25, -0.2) is 0 Å². The molecule has 0 aliphatic heterocycles. The number of anilines is 2. The molecular weight excluding hydrogens is 254 g/mol. The number of carbonyl (C=O) groups excluding carboxylic acids is 1. The third-order valence-electron chi connectivity index (χ3n) is 3.05. The summed E-state index contributed by atoms with van der Waals surface area (Å²) in [5, 5.41) is 7.04. The number of hydrogen-bond donors (Lipinski definition) is 2. The molecule has 0 unspecified atom stereocenters. The second-order valence-electron chi connectivity index (χ2n) is 5.42. The van der Waals surface area contributed by atoms with Crippen LogP contribution in [0.4, 0.5) is 11.4 Å². The van der Waals surface area contributed by atoms with Crippen molar-refractivity contribution in [1.82, 2.24) is 14.3 Å². The van der Waals surface area contributed by atoms with Gasteiger partial charge in [0.1, 0.15) is 5.69 Å². The van der Waals surface area contributed by atoms with E-state index >= 15 is 0 Å². The molecule has 0 radical (unpaired) electrons. The van der Waals surface area contributed by atoms with Crippen molar-refractivity contribution in [3.05, 3.63) is 30.4 Å². The topological polar surface area (TPSA) is 77.9 Å². The van der Waals surface area contributed by atoms with Crippen molar-refractivity contribution in [3.8, 4) is 0 Å². The molecule has 2 aromatic rings. The van der Waals surface area contributed by atoms with E-state index in [0.29, 0.717) is 17.1 Å². The van der Waals surface area contributed by atoms with E-state index < -0.39 is 0 Å². The normalized spacial score (nSPS) is 11.3. The van der Waals surface area contributed by atoms with Gasteiger partial charge in [-0.05, 0) is 33.8 Å². The molecule has 2 aromatic heterocycles. The Hall–Kier alpha value is -2.24. The lowest BCUT2D eigenvalue weighted by molar-refractivity contribution is 0.101. The van der Waals surface area contributed by atoms with Gasteiger partial charge in [-0.3, -0.25) is 9.48 Å². The Morgan fingerprint density at radius 1 is 1.25 bits per heavy atom. The summed E-state index contributed by atoms with van der Waals surface area (Å²) < 4.78 is 3.66. The van der Waals surface area contributed by atoms with Gasteiger partial charge in [-0.15, -0.1) is 0 Å². The number of nitrogens with one attached hydrogen (secondary N) is 1. The van der Waals surface area contributed by atoms with Gasteiger partial charge in [-0.2, -0.15) is 5.10 Å². The average molecular weight is 275 g/mol. The number of rotatable bonds is 4. The molecule has 2 rings (SSSR count). The Morgan fingerprint density at radius 3 is 2.50 bits per heavy atom. The maximum Gasteiger partial charge on any atom is 0.272 e. The molecule has 0 aliphatic carbocycles. The fourth-order valence-electron chi connectivity index (χ4n) is 1.99. The van der Waals surface area contributed by atoms with Gasteiger partial charge in [0.15, 0.2) is 0 Å². The first-order valence-electron chi connectivity index (χ1n) is 6.71. The van der Waals surface area contributed by atoms with Crippen LogP contribution >= 0.6 is 0 Å². The molecule has 0 atom stereocenters. The fraction of sp³-hybridized carbons (Fsp3) is 0.429. The predicted molar refractivity (Wildman–Crippen MR) is 79.8 cm³/mol. The summed E-state index contributed by atoms with van der Waals surface area (Å²) >= 11 is 0. The van der Waals surface area contributed by atoms with Crippen molar-refractivity contribution in [2.45, 2.75) is 39.8 Å². The van der Waals surface area contributed by atoms with Crippen LogP contribution in [0.25, 0.3) is 0 Å². The monoisotopic (exact) mass is 275 g/mol. The molecule has 6 nitrogen and oxygen atoms in total. The number of hydrogen-bond acceptors (Lipinski definition) is 3. The predicted octanol–water partition coefficient (Wildman–Crippen LogP) is 2.68. The third kappa shape index (κ3) is 2.84. The van der Waals surface area contributed by atoms with Crippen LogP contribution in [0.2, 0.25) is 0 Å². The van der Waals surface area contributed by atoms with Crippen molar-refractivity contribution < 1.29 is 4.79 Å². The van der Waals surface area contributed by atoms with Gasteiger partial charge in [0.2, 0.25) is 0 Å². The number of nitrogens with zero attached hydrogens (tertiary/aromatic N) is 3. The van der Waals surface area contributed by atoms with Crippen LogP contribution in [0.5, 0.6) is 0 Å². The Balaban J connectivity index is 2.19. The molecule has 0 fully saturated rings. The maximum atomic E-state index is 12.3. The second-order valence-corrected chi connectivity index (χ2v) is 5.42. The first kappa shape index (κ1) is 14.2. The zero-order valence-electron chi connectivity index (χ0n) is 12.3. The molecule has 20 heavy (non-hydrogen) atoms. The standard InChI is InChI=1S/C14H21N5O/c1-9(2)18-7-11(15)5-13(18)14(20)17-12-6-16-19(8-12)10(3)4/h5-10H,15H2,1-4H3,(H,17,20). The summed E-state index contributed by atoms with van der Waals surface area (Å²) in [6, 6.07) is 2.12. The highest BCUT2D eigenvalue weighted by atomic mass is 16.2. The van der Waals surface area contributed by atoms with E-state index in [1.54, 1.807) is 23.1 Å². The largest absolute Gasteiger partial charge is 0.397 e. The van der Waals surface area contributed by atoms with Gasteiger partial charge in [-0.1, -0.05) is 0 Å². The molecule has 0 bridgehead atoms. The Kier molecular flexibility index (Phi) is 3.83. The number of amides is 1. The minimum atomic E-state index is -0.182. The highest BCUT2D eigenvalue weighted by molar-refractivity contribution is 6.03. The SMILES string of the molecule is CC(C)n1cc(NC(=O)c2cc(N)cn2C(C)C)cn1. The highest BCUT2D eigenvalue weighted by Crippen LogP contribution is 2.18. The summed E-state index contributed by atoms with van der Waals surface area (Å²) in [6.45, 7) is 8.08. The molecular formula is C14H21N5O. The summed E-state index contributed by atoms with van der Waals surface area (Å²) in [7, 11) is 0. The number of nitrogens with two attached hydrogens (primary N) is 1. The first-order chi connectivity index (χ1) is 9.38. The summed E-state index contributed by atoms with van der Waals surface area (Å²) in [6.07, 6.45) is 5.23. The lowest BCUT2D eigenvalue weighted by atomic mass is 10.3. The molecule has 0 saturated heterocycles. The van der Waals surface area contributed by atoms with Crippen LogP contribution in [-0.4, -0.2) is 20.3 Å². The zero-order chi connectivity index (χ0) is 14.9. The average Bonchev–Trinajstić information content (AvgIpc) is 2.95. The molecule has 6 heteroatoms. The fourth-order valence-corrected chi connectivity index (χ4v) is 1.99. The summed E-state index contributed by atoms with van der Waals surface area (Å²) in [5.41, 5.74) is 7.59. The van der Waals surface area contributed by atoms with E-state index in [0.717, 1.165) is 0 Å². The van der Waals surface area contributed by atoms with Gasteiger partial charge < -0.3 is 15.6 Å². The number of nitrogen functional groups attached to an aromatic ring is 1. The van der Waals surface area contributed by atoms with Crippen LogP contribution in [0.3, 0.4) is 0 Å². The second kappa shape index (κ2) is 5.40. The van der Waals surface area contributed by atoms with Gasteiger partial charge >= 0.3 is 0 Å². The third-order valence-corrected chi connectivity index (χ3v) is 3.05. The van der Waals surface area contributed by atoms with Crippen LogP contribution in [0.1, 0.15) is 50.3 Å². The molecule has 0 aromatic carbocycles. The lowest BCUT2D eigenvalue weighted by Crippen LogP contribution is -2.17. The maximum absolute atomic E-state index is 12.3. The molecule has 0 spiro atoms. The van der Waals surface area contributed by atoms with Crippen LogP contribution in [0, 0.1) is 0 Å². The minimum absolute atomic E-state index is 0.173. The number of carbonyl (C=O) groups is 1. The van der Waals surface area contributed by atoms with Gasteiger partial charge in [0.25, 0.3) is 5.91 Å². The smallest absolute Gasteiger partial charge is 0.272 e. The lowest BCUT2D eigenvalue weighted by Gasteiger charge is -2.12. The number of aromatic nitrogens is 3. The van der Waals surface area contributed by atoms with Crippen molar-refractivity contribution in [3.63, 3.8) is 0 Å². The molecule has 0 aliphatic rings. The summed E-state index contributed by atoms with van der Waals surface area (Å²) in [5.74, 6) is -0.182. The van der Waals surface area contributed by atoms with Crippen molar-refractivity contribution in [1.29, 1.82) is 0 Å². The van der Waals surface area contributed by atoms with Crippen LogP contribution < -0.4 is 11.1 Å².